The van der Waals surface area contributed by atoms with Gasteiger partial charge in [0.25, 0.3) is 0 Å². The number of hydrogen-bond donors (Lipinski definition) is 1. The first-order chi connectivity index (χ1) is 8.26. The van der Waals surface area contributed by atoms with E-state index in [2.05, 4.69) is 23.1 Å². The van der Waals surface area contributed by atoms with Crippen molar-refractivity contribution in [1.29, 1.82) is 0 Å². The van der Waals surface area contributed by atoms with Gasteiger partial charge in [-0.15, -0.1) is 0 Å². The summed E-state index contributed by atoms with van der Waals surface area (Å²) in [5.41, 5.74) is 7.02. The molecular weight excluding hydrogens is 216 g/mol. The van der Waals surface area contributed by atoms with Gasteiger partial charge in [0, 0.05) is 31.9 Å². The van der Waals surface area contributed by atoms with Crippen LogP contribution in [0.15, 0.2) is 12.4 Å². The topological polar surface area (TPSA) is 56.3 Å². The Morgan fingerprint density at radius 2 is 2.41 bits per heavy atom. The standard InChI is InChI=1S/C12H22N4O/c1-3-4-16-5-6-17-11(7-13)12(16)10-8-14-15(2)9-10/h8-9,11-12H,3-7,13H2,1-2H3. The van der Waals surface area contributed by atoms with E-state index in [4.69, 9.17) is 10.5 Å². The summed E-state index contributed by atoms with van der Waals surface area (Å²) in [6, 6.07) is 0.252. The SMILES string of the molecule is CCCN1CCOC(CN)C1c1cnn(C)c1. The highest BCUT2D eigenvalue weighted by atomic mass is 16.5. The molecule has 0 aromatic carbocycles. The van der Waals surface area contributed by atoms with Gasteiger partial charge in [-0.25, -0.2) is 0 Å². The lowest BCUT2D eigenvalue weighted by molar-refractivity contribution is -0.0676. The average Bonchev–Trinajstić information content (AvgIpc) is 2.75. The lowest BCUT2D eigenvalue weighted by Gasteiger charge is -2.40. The Morgan fingerprint density at radius 1 is 1.59 bits per heavy atom. The molecule has 96 valence electrons. The molecule has 1 aliphatic heterocycles. The van der Waals surface area contributed by atoms with Gasteiger partial charge in [0.15, 0.2) is 0 Å². The van der Waals surface area contributed by atoms with Gasteiger partial charge in [0.1, 0.15) is 0 Å². The number of nitrogens with zero attached hydrogens (tertiary/aromatic N) is 3. The fourth-order valence-corrected chi connectivity index (χ4v) is 2.54. The summed E-state index contributed by atoms with van der Waals surface area (Å²) in [4.78, 5) is 2.46. The largest absolute Gasteiger partial charge is 0.374 e. The second-order valence-electron chi connectivity index (χ2n) is 4.57. The first kappa shape index (κ1) is 12.5. The summed E-state index contributed by atoms with van der Waals surface area (Å²) in [5, 5.41) is 4.25. The number of aryl methyl sites for hydroxylation is 1. The van der Waals surface area contributed by atoms with Gasteiger partial charge in [-0.1, -0.05) is 6.92 Å². The molecule has 1 fully saturated rings. The van der Waals surface area contributed by atoms with Crippen LogP contribution < -0.4 is 5.73 Å². The Bertz CT molecular complexity index is 350. The van der Waals surface area contributed by atoms with E-state index in [-0.39, 0.29) is 12.1 Å². The maximum Gasteiger partial charge on any atom is 0.0895 e. The quantitative estimate of drug-likeness (QED) is 0.831. The minimum absolute atomic E-state index is 0.0829. The molecule has 0 spiro atoms. The predicted octanol–water partition coefficient (Wildman–Crippen LogP) is 0.531. The summed E-state index contributed by atoms with van der Waals surface area (Å²) >= 11 is 0. The van der Waals surface area contributed by atoms with Crippen LogP contribution in [0.4, 0.5) is 0 Å². The van der Waals surface area contributed by atoms with E-state index in [1.807, 2.05) is 17.9 Å². The summed E-state index contributed by atoms with van der Waals surface area (Å²) in [7, 11) is 1.94. The monoisotopic (exact) mass is 238 g/mol. The summed E-state index contributed by atoms with van der Waals surface area (Å²) < 4.78 is 7.61. The zero-order valence-corrected chi connectivity index (χ0v) is 10.7. The Balaban J connectivity index is 2.21. The van der Waals surface area contributed by atoms with Crippen molar-refractivity contribution in [2.45, 2.75) is 25.5 Å². The highest BCUT2D eigenvalue weighted by Gasteiger charge is 2.32. The van der Waals surface area contributed by atoms with E-state index in [1.54, 1.807) is 0 Å². The third-order valence-corrected chi connectivity index (χ3v) is 3.27. The van der Waals surface area contributed by atoms with Crippen molar-refractivity contribution in [3.05, 3.63) is 18.0 Å². The lowest BCUT2D eigenvalue weighted by Crippen LogP contribution is -2.48. The molecule has 17 heavy (non-hydrogen) atoms. The Kier molecular flexibility index (Phi) is 4.15. The van der Waals surface area contributed by atoms with Crippen LogP contribution in [0, 0.1) is 0 Å². The number of ether oxygens (including phenoxy) is 1. The molecule has 2 unspecified atom stereocenters. The first-order valence-electron chi connectivity index (χ1n) is 6.30. The van der Waals surface area contributed by atoms with Crippen molar-refractivity contribution >= 4 is 0 Å². The molecule has 1 aromatic heterocycles. The molecule has 5 heteroatoms. The van der Waals surface area contributed by atoms with Gasteiger partial charge in [-0.2, -0.15) is 5.10 Å². The number of morpholine rings is 1. The fourth-order valence-electron chi connectivity index (χ4n) is 2.54. The van der Waals surface area contributed by atoms with Crippen LogP contribution in [0.2, 0.25) is 0 Å². The first-order valence-corrected chi connectivity index (χ1v) is 6.30. The van der Waals surface area contributed by atoms with Gasteiger partial charge in [-0.3, -0.25) is 9.58 Å². The van der Waals surface area contributed by atoms with E-state index >= 15 is 0 Å². The van der Waals surface area contributed by atoms with Crippen LogP contribution in [0.1, 0.15) is 24.9 Å². The van der Waals surface area contributed by atoms with Gasteiger partial charge in [0.2, 0.25) is 0 Å². The molecule has 0 bridgehead atoms. The van der Waals surface area contributed by atoms with Crippen LogP contribution in [0.3, 0.4) is 0 Å². The molecular formula is C12H22N4O. The van der Waals surface area contributed by atoms with Crippen molar-refractivity contribution < 1.29 is 4.74 Å². The van der Waals surface area contributed by atoms with Gasteiger partial charge in [0.05, 0.1) is 24.9 Å². The van der Waals surface area contributed by atoms with E-state index in [1.165, 1.54) is 5.56 Å². The van der Waals surface area contributed by atoms with Crippen LogP contribution >= 0.6 is 0 Å². The Labute approximate surface area is 103 Å². The normalized spacial score (nSPS) is 26.3. The highest BCUT2D eigenvalue weighted by molar-refractivity contribution is 5.14. The molecule has 0 radical (unpaired) electrons. The molecule has 2 heterocycles. The summed E-state index contributed by atoms with van der Waals surface area (Å²) in [6.07, 6.45) is 5.21. The van der Waals surface area contributed by atoms with Crippen molar-refractivity contribution in [2.24, 2.45) is 12.8 Å². The third-order valence-electron chi connectivity index (χ3n) is 3.27. The summed E-state index contributed by atoms with van der Waals surface area (Å²) in [6.45, 7) is 5.59. The van der Waals surface area contributed by atoms with Crippen molar-refractivity contribution in [3.63, 3.8) is 0 Å². The molecule has 5 nitrogen and oxygen atoms in total. The number of hydrogen-bond acceptors (Lipinski definition) is 4. The van der Waals surface area contributed by atoms with E-state index in [9.17, 15) is 0 Å². The predicted molar refractivity (Wildman–Crippen MR) is 66.6 cm³/mol. The maximum atomic E-state index is 5.82. The Hall–Kier alpha value is -0.910. The third kappa shape index (κ3) is 2.68. The van der Waals surface area contributed by atoms with E-state index in [0.717, 1.165) is 26.1 Å². The van der Waals surface area contributed by atoms with Crippen LogP contribution in [-0.4, -0.2) is 47.0 Å². The smallest absolute Gasteiger partial charge is 0.0895 e. The minimum atomic E-state index is 0.0829. The molecule has 0 amide bonds. The van der Waals surface area contributed by atoms with Crippen molar-refractivity contribution in [1.82, 2.24) is 14.7 Å². The minimum Gasteiger partial charge on any atom is -0.374 e. The lowest BCUT2D eigenvalue weighted by atomic mass is 10.0. The highest BCUT2D eigenvalue weighted by Crippen LogP contribution is 2.28. The molecule has 2 rings (SSSR count). The van der Waals surface area contributed by atoms with E-state index < -0.39 is 0 Å². The zero-order chi connectivity index (χ0) is 12.3. The van der Waals surface area contributed by atoms with Gasteiger partial charge in [-0.05, 0) is 13.0 Å². The van der Waals surface area contributed by atoms with Crippen molar-refractivity contribution in [3.8, 4) is 0 Å². The molecule has 2 atom stereocenters. The molecule has 1 saturated heterocycles. The summed E-state index contributed by atoms with van der Waals surface area (Å²) in [5.74, 6) is 0. The molecule has 1 aromatic rings. The zero-order valence-electron chi connectivity index (χ0n) is 10.7. The average molecular weight is 238 g/mol. The number of nitrogens with two attached hydrogens (primary N) is 1. The molecule has 0 aliphatic carbocycles. The second kappa shape index (κ2) is 5.62. The molecule has 0 saturated carbocycles. The van der Waals surface area contributed by atoms with Crippen molar-refractivity contribution in [2.75, 3.05) is 26.2 Å². The van der Waals surface area contributed by atoms with Gasteiger partial charge < -0.3 is 10.5 Å². The molecule has 2 N–H and O–H groups in total. The van der Waals surface area contributed by atoms with Crippen LogP contribution in [0.25, 0.3) is 0 Å². The maximum absolute atomic E-state index is 5.82. The van der Waals surface area contributed by atoms with Crippen LogP contribution in [-0.2, 0) is 11.8 Å². The second-order valence-corrected chi connectivity index (χ2v) is 4.57. The van der Waals surface area contributed by atoms with E-state index in [0.29, 0.717) is 6.54 Å². The molecule has 1 aliphatic rings. The number of aromatic nitrogens is 2. The number of rotatable bonds is 4. The van der Waals surface area contributed by atoms with Crippen LogP contribution in [0.5, 0.6) is 0 Å². The van der Waals surface area contributed by atoms with Gasteiger partial charge >= 0.3 is 0 Å². The fraction of sp³-hybridized carbons (Fsp3) is 0.750. The Morgan fingerprint density at radius 3 is 3.00 bits per heavy atom.